The van der Waals surface area contributed by atoms with Crippen molar-refractivity contribution in [1.29, 1.82) is 0 Å². The highest BCUT2D eigenvalue weighted by Gasteiger charge is 2.08. The fourth-order valence-corrected chi connectivity index (χ4v) is 1.38. The number of esters is 1. The van der Waals surface area contributed by atoms with E-state index in [1.165, 1.54) is 19.3 Å². The van der Waals surface area contributed by atoms with Gasteiger partial charge in [0.25, 0.3) is 0 Å². The predicted octanol–water partition coefficient (Wildman–Crippen LogP) is 3.65. The van der Waals surface area contributed by atoms with E-state index in [2.05, 4.69) is 20.1 Å². The minimum Gasteiger partial charge on any atom is -0.462 e. The summed E-state index contributed by atoms with van der Waals surface area (Å²) in [5.41, 5.74) is 1.29. The third kappa shape index (κ3) is 10.1. The van der Waals surface area contributed by atoms with Gasteiger partial charge in [0.1, 0.15) is 0 Å². The zero-order valence-electron chi connectivity index (χ0n) is 11.8. The molecule has 0 amide bonds. The SMILES string of the molecule is C=C(C)COCC(=C)C(=O)OCCCCCCC. The topological polar surface area (TPSA) is 35.5 Å². The third-order valence-corrected chi connectivity index (χ3v) is 2.39. The van der Waals surface area contributed by atoms with E-state index < -0.39 is 0 Å². The lowest BCUT2D eigenvalue weighted by Gasteiger charge is -2.08. The average molecular weight is 254 g/mol. The van der Waals surface area contributed by atoms with Crippen molar-refractivity contribution in [2.24, 2.45) is 0 Å². The average Bonchev–Trinajstić information content (AvgIpc) is 2.32. The van der Waals surface area contributed by atoms with Gasteiger partial charge in [0.05, 0.1) is 25.4 Å². The van der Waals surface area contributed by atoms with E-state index in [1.54, 1.807) is 0 Å². The highest BCUT2D eigenvalue weighted by Crippen LogP contribution is 2.04. The van der Waals surface area contributed by atoms with E-state index in [9.17, 15) is 4.79 Å². The molecule has 0 aromatic rings. The lowest BCUT2D eigenvalue weighted by atomic mass is 10.2. The first-order valence-corrected chi connectivity index (χ1v) is 6.65. The number of hydrogen-bond donors (Lipinski definition) is 0. The minimum atomic E-state index is -0.354. The van der Waals surface area contributed by atoms with Gasteiger partial charge in [-0.2, -0.15) is 0 Å². The zero-order chi connectivity index (χ0) is 13.8. The molecule has 0 unspecified atom stereocenters. The first-order valence-electron chi connectivity index (χ1n) is 6.65. The van der Waals surface area contributed by atoms with Gasteiger partial charge in [-0.25, -0.2) is 4.79 Å². The molecule has 0 aliphatic rings. The molecular weight excluding hydrogens is 228 g/mol. The molecule has 0 aromatic heterocycles. The van der Waals surface area contributed by atoms with Gasteiger partial charge in [0.15, 0.2) is 0 Å². The Morgan fingerprint density at radius 1 is 1.06 bits per heavy atom. The van der Waals surface area contributed by atoms with Crippen LogP contribution in [0.3, 0.4) is 0 Å². The molecule has 0 aromatic carbocycles. The summed E-state index contributed by atoms with van der Waals surface area (Å²) < 4.78 is 10.3. The molecule has 0 rings (SSSR count). The molecule has 0 spiro atoms. The monoisotopic (exact) mass is 254 g/mol. The summed E-state index contributed by atoms with van der Waals surface area (Å²) in [6, 6.07) is 0. The van der Waals surface area contributed by atoms with Crippen LogP contribution in [0.15, 0.2) is 24.3 Å². The van der Waals surface area contributed by atoms with Crippen LogP contribution in [0.25, 0.3) is 0 Å². The number of hydrogen-bond acceptors (Lipinski definition) is 3. The quantitative estimate of drug-likeness (QED) is 0.244. The molecule has 0 atom stereocenters. The highest BCUT2D eigenvalue weighted by molar-refractivity contribution is 5.87. The summed E-state index contributed by atoms with van der Waals surface area (Å²) in [4.78, 5) is 11.5. The predicted molar refractivity (Wildman–Crippen MR) is 74.5 cm³/mol. The number of carbonyl (C=O) groups is 1. The Morgan fingerprint density at radius 2 is 1.72 bits per heavy atom. The van der Waals surface area contributed by atoms with Crippen LogP contribution in [0.2, 0.25) is 0 Å². The summed E-state index contributed by atoms with van der Waals surface area (Å²) in [7, 11) is 0. The maximum Gasteiger partial charge on any atom is 0.335 e. The normalized spacial score (nSPS) is 10.1. The molecule has 0 N–H and O–H groups in total. The van der Waals surface area contributed by atoms with Gasteiger partial charge in [-0.1, -0.05) is 51.3 Å². The smallest absolute Gasteiger partial charge is 0.335 e. The molecule has 0 bridgehead atoms. The second kappa shape index (κ2) is 11.0. The van der Waals surface area contributed by atoms with E-state index in [0.29, 0.717) is 18.8 Å². The largest absolute Gasteiger partial charge is 0.462 e. The van der Waals surface area contributed by atoms with Gasteiger partial charge in [-0.05, 0) is 13.3 Å². The van der Waals surface area contributed by atoms with Crippen molar-refractivity contribution in [2.75, 3.05) is 19.8 Å². The Balaban J connectivity index is 3.50. The molecule has 0 aliphatic carbocycles. The fourth-order valence-electron chi connectivity index (χ4n) is 1.38. The van der Waals surface area contributed by atoms with Crippen molar-refractivity contribution in [1.82, 2.24) is 0 Å². The van der Waals surface area contributed by atoms with Crippen molar-refractivity contribution in [3.63, 3.8) is 0 Å². The van der Waals surface area contributed by atoms with E-state index in [4.69, 9.17) is 9.47 Å². The summed E-state index contributed by atoms with van der Waals surface area (Å²) in [5.74, 6) is -0.354. The number of unbranched alkanes of at least 4 members (excludes halogenated alkanes) is 4. The van der Waals surface area contributed by atoms with Crippen LogP contribution in [0.5, 0.6) is 0 Å². The molecule has 3 heteroatoms. The number of rotatable bonds is 11. The van der Waals surface area contributed by atoms with E-state index in [0.717, 1.165) is 18.4 Å². The van der Waals surface area contributed by atoms with Gasteiger partial charge < -0.3 is 9.47 Å². The molecule has 0 radical (unpaired) electrons. The van der Waals surface area contributed by atoms with Crippen molar-refractivity contribution in [3.8, 4) is 0 Å². The van der Waals surface area contributed by atoms with Gasteiger partial charge >= 0.3 is 5.97 Å². The fraction of sp³-hybridized carbons (Fsp3) is 0.667. The first kappa shape index (κ1) is 16.9. The summed E-state index contributed by atoms with van der Waals surface area (Å²) in [6.45, 7) is 12.5. The first-order chi connectivity index (χ1) is 8.57. The van der Waals surface area contributed by atoms with Gasteiger partial charge in [-0.3, -0.25) is 0 Å². The Labute approximate surface area is 111 Å². The van der Waals surface area contributed by atoms with E-state index in [-0.39, 0.29) is 12.6 Å². The van der Waals surface area contributed by atoms with E-state index >= 15 is 0 Å². The Hall–Kier alpha value is -1.09. The molecule has 0 saturated carbocycles. The summed E-state index contributed by atoms with van der Waals surface area (Å²) >= 11 is 0. The van der Waals surface area contributed by atoms with Crippen LogP contribution in [-0.2, 0) is 14.3 Å². The van der Waals surface area contributed by atoms with Crippen LogP contribution in [0, 0.1) is 0 Å². The Kier molecular flexibility index (Phi) is 10.4. The van der Waals surface area contributed by atoms with Gasteiger partial charge in [0.2, 0.25) is 0 Å². The molecular formula is C15H26O3. The van der Waals surface area contributed by atoms with E-state index in [1.807, 2.05) is 6.92 Å². The maximum absolute atomic E-state index is 11.5. The molecule has 3 nitrogen and oxygen atoms in total. The second-order valence-corrected chi connectivity index (χ2v) is 4.60. The molecule has 0 fully saturated rings. The van der Waals surface area contributed by atoms with Crippen molar-refractivity contribution < 1.29 is 14.3 Å². The summed E-state index contributed by atoms with van der Waals surface area (Å²) in [5, 5.41) is 0. The van der Waals surface area contributed by atoms with Crippen molar-refractivity contribution >= 4 is 5.97 Å². The zero-order valence-corrected chi connectivity index (χ0v) is 11.8. The van der Waals surface area contributed by atoms with Crippen molar-refractivity contribution in [2.45, 2.75) is 46.0 Å². The highest BCUT2D eigenvalue weighted by atomic mass is 16.5. The lowest BCUT2D eigenvalue weighted by Crippen LogP contribution is -2.13. The molecule has 104 valence electrons. The second-order valence-electron chi connectivity index (χ2n) is 4.60. The Morgan fingerprint density at radius 3 is 2.33 bits per heavy atom. The van der Waals surface area contributed by atoms with Crippen LogP contribution in [-0.4, -0.2) is 25.8 Å². The third-order valence-electron chi connectivity index (χ3n) is 2.39. The summed E-state index contributed by atoms with van der Waals surface area (Å²) in [6.07, 6.45) is 5.70. The number of ether oxygens (including phenoxy) is 2. The van der Waals surface area contributed by atoms with Crippen LogP contribution >= 0.6 is 0 Å². The van der Waals surface area contributed by atoms with Gasteiger partial charge in [-0.15, -0.1) is 0 Å². The maximum atomic E-state index is 11.5. The standard InChI is InChI=1S/C15H26O3/c1-5-6-7-8-9-10-18-15(16)14(4)12-17-11-13(2)3/h2,4-12H2,1,3H3. The van der Waals surface area contributed by atoms with Gasteiger partial charge in [0, 0.05) is 0 Å². The Bertz CT molecular complexity index is 269. The lowest BCUT2D eigenvalue weighted by molar-refractivity contribution is -0.139. The van der Waals surface area contributed by atoms with Crippen molar-refractivity contribution in [3.05, 3.63) is 24.3 Å². The molecule has 18 heavy (non-hydrogen) atoms. The number of carbonyl (C=O) groups excluding carboxylic acids is 1. The molecule has 0 aliphatic heterocycles. The molecule has 0 heterocycles. The molecule has 0 saturated heterocycles. The van der Waals surface area contributed by atoms with Crippen LogP contribution in [0.1, 0.15) is 46.0 Å². The van der Waals surface area contributed by atoms with Crippen LogP contribution in [0.4, 0.5) is 0 Å². The van der Waals surface area contributed by atoms with Crippen LogP contribution < -0.4 is 0 Å². The minimum absolute atomic E-state index is 0.210.